The SMILES string of the molecule is C[C@@H](NC(=O)c1cc(Cl)cc(S(=O)(=O)C(F)(F)F)c1)c1ncnn1-c1ncc(F)cc1F.S. The number of carbonyl (C=O) groups excluding carboxylic acids is 1. The minimum Gasteiger partial charge on any atom is -0.342 e. The molecule has 1 amide bonds. The maximum Gasteiger partial charge on any atom is 0.501 e. The summed E-state index contributed by atoms with van der Waals surface area (Å²) in [6.07, 6.45) is 1.75. The molecule has 1 atom stereocenters. The van der Waals surface area contributed by atoms with E-state index in [9.17, 15) is 35.2 Å². The normalized spacial score (nSPS) is 12.7. The summed E-state index contributed by atoms with van der Waals surface area (Å²) in [6.45, 7) is 1.39. The van der Waals surface area contributed by atoms with Crippen LogP contribution in [-0.2, 0) is 9.84 Å². The van der Waals surface area contributed by atoms with E-state index in [1.54, 1.807) is 0 Å². The summed E-state index contributed by atoms with van der Waals surface area (Å²) >= 11 is 5.70. The van der Waals surface area contributed by atoms with Crippen LogP contribution in [0.25, 0.3) is 5.82 Å². The van der Waals surface area contributed by atoms with E-state index in [2.05, 4.69) is 20.4 Å². The number of nitrogens with zero attached hydrogens (tertiary/aromatic N) is 4. The molecule has 0 saturated carbocycles. The highest BCUT2D eigenvalue weighted by molar-refractivity contribution is 7.92. The largest absolute Gasteiger partial charge is 0.501 e. The van der Waals surface area contributed by atoms with Gasteiger partial charge in [-0.3, -0.25) is 4.79 Å². The molecule has 0 spiro atoms. The molecule has 178 valence electrons. The first-order valence-electron chi connectivity index (χ1n) is 8.45. The number of pyridine rings is 1. The highest BCUT2D eigenvalue weighted by Gasteiger charge is 2.47. The molecule has 3 rings (SSSR count). The summed E-state index contributed by atoms with van der Waals surface area (Å²) in [7, 11) is -5.75. The highest BCUT2D eigenvalue weighted by atomic mass is 35.5. The van der Waals surface area contributed by atoms with Crippen LogP contribution in [0.3, 0.4) is 0 Å². The summed E-state index contributed by atoms with van der Waals surface area (Å²) in [6, 6.07) is 1.58. The van der Waals surface area contributed by atoms with Crippen LogP contribution in [0.2, 0.25) is 5.02 Å². The number of sulfone groups is 1. The summed E-state index contributed by atoms with van der Waals surface area (Å²) in [5.41, 5.74) is -6.08. The second-order valence-electron chi connectivity index (χ2n) is 6.31. The van der Waals surface area contributed by atoms with Gasteiger partial charge in [0, 0.05) is 16.7 Å². The molecule has 0 radical (unpaired) electrons. The smallest absolute Gasteiger partial charge is 0.342 e. The van der Waals surface area contributed by atoms with Crippen LogP contribution >= 0.6 is 25.1 Å². The van der Waals surface area contributed by atoms with E-state index in [1.165, 1.54) is 6.92 Å². The third-order valence-corrected chi connectivity index (χ3v) is 5.73. The van der Waals surface area contributed by atoms with E-state index in [1.807, 2.05) is 0 Å². The minimum atomic E-state index is -5.75. The maximum atomic E-state index is 14.0. The van der Waals surface area contributed by atoms with E-state index < -0.39 is 60.2 Å². The lowest BCUT2D eigenvalue weighted by Crippen LogP contribution is -2.29. The van der Waals surface area contributed by atoms with Crippen LogP contribution in [0, 0.1) is 11.6 Å². The second kappa shape index (κ2) is 9.61. The third kappa shape index (κ3) is 5.42. The van der Waals surface area contributed by atoms with Gasteiger partial charge in [-0.15, -0.1) is 0 Å². The van der Waals surface area contributed by atoms with Gasteiger partial charge in [0.05, 0.1) is 17.1 Å². The molecular formula is C17H13ClF5N5O3S2. The lowest BCUT2D eigenvalue weighted by Gasteiger charge is -2.15. The highest BCUT2D eigenvalue weighted by Crippen LogP contribution is 2.32. The molecule has 2 heterocycles. The Hall–Kier alpha value is -2.78. The van der Waals surface area contributed by atoms with Crippen LogP contribution in [0.1, 0.15) is 29.1 Å². The van der Waals surface area contributed by atoms with E-state index in [0.717, 1.165) is 23.3 Å². The number of rotatable bonds is 5. The van der Waals surface area contributed by atoms with Crippen molar-refractivity contribution in [3.63, 3.8) is 0 Å². The molecule has 0 bridgehead atoms. The second-order valence-corrected chi connectivity index (χ2v) is 8.69. The van der Waals surface area contributed by atoms with Crippen molar-refractivity contribution < 1.29 is 35.2 Å². The topological polar surface area (TPSA) is 107 Å². The minimum absolute atomic E-state index is 0. The van der Waals surface area contributed by atoms with Crippen molar-refractivity contribution >= 4 is 40.8 Å². The van der Waals surface area contributed by atoms with Gasteiger partial charge in [0.1, 0.15) is 12.1 Å². The lowest BCUT2D eigenvalue weighted by atomic mass is 10.2. The van der Waals surface area contributed by atoms with E-state index in [4.69, 9.17) is 11.6 Å². The molecule has 2 aromatic heterocycles. The Morgan fingerprint density at radius 1 is 1.15 bits per heavy atom. The van der Waals surface area contributed by atoms with Crippen LogP contribution in [0.4, 0.5) is 22.0 Å². The molecule has 0 aliphatic rings. The molecule has 8 nitrogen and oxygen atoms in total. The Labute approximate surface area is 195 Å². The number of aromatic nitrogens is 4. The molecule has 0 aliphatic carbocycles. The number of carbonyl (C=O) groups is 1. The van der Waals surface area contributed by atoms with Crippen LogP contribution in [0.5, 0.6) is 0 Å². The molecular weight excluding hydrogens is 517 g/mol. The van der Waals surface area contributed by atoms with Crippen molar-refractivity contribution in [1.82, 2.24) is 25.1 Å². The number of nitrogens with one attached hydrogen (secondary N) is 1. The summed E-state index contributed by atoms with van der Waals surface area (Å²) < 4.78 is 89.8. The first-order valence-corrected chi connectivity index (χ1v) is 10.3. The first-order chi connectivity index (χ1) is 14.8. The van der Waals surface area contributed by atoms with Gasteiger partial charge < -0.3 is 5.32 Å². The first kappa shape index (κ1) is 26.5. The van der Waals surface area contributed by atoms with Gasteiger partial charge in [-0.2, -0.15) is 36.4 Å². The zero-order valence-electron chi connectivity index (χ0n) is 16.2. The Bertz CT molecular complexity index is 1300. The molecule has 1 N–H and O–H groups in total. The zero-order valence-corrected chi connectivity index (χ0v) is 18.8. The molecule has 33 heavy (non-hydrogen) atoms. The van der Waals surface area contributed by atoms with Crippen LogP contribution < -0.4 is 5.32 Å². The molecule has 0 saturated heterocycles. The Morgan fingerprint density at radius 3 is 2.42 bits per heavy atom. The maximum absolute atomic E-state index is 14.0. The number of hydrogen-bond acceptors (Lipinski definition) is 6. The summed E-state index contributed by atoms with van der Waals surface area (Å²) in [4.78, 5) is 18.8. The number of amides is 1. The Kier molecular flexibility index (Phi) is 7.71. The summed E-state index contributed by atoms with van der Waals surface area (Å²) in [5.74, 6) is -3.46. The standard InChI is InChI=1S/C17H11ClF5N5O3S.H2S/c1-8(14-25-7-26-28(14)15-13(20)5-11(19)6-24-15)27-16(29)9-2-10(18)4-12(3-9)32(30,31)17(21,22)23;/h2-8H,1H3,(H,27,29);1H2/t8-;/m1./s1. The zero-order chi connectivity index (χ0) is 23.8. The molecule has 0 fully saturated rings. The monoisotopic (exact) mass is 529 g/mol. The van der Waals surface area contributed by atoms with Crippen molar-refractivity contribution in [2.45, 2.75) is 23.4 Å². The summed E-state index contributed by atoms with van der Waals surface area (Å²) in [5, 5.41) is 5.71. The van der Waals surface area contributed by atoms with Crippen molar-refractivity contribution in [3.8, 4) is 5.82 Å². The molecule has 0 unspecified atom stereocenters. The van der Waals surface area contributed by atoms with Gasteiger partial charge in [-0.25, -0.2) is 27.2 Å². The quantitative estimate of drug-likeness (QED) is 0.507. The fourth-order valence-electron chi connectivity index (χ4n) is 2.60. The molecule has 3 aromatic rings. The average Bonchev–Trinajstić information content (AvgIpc) is 3.16. The van der Waals surface area contributed by atoms with Crippen molar-refractivity contribution in [2.75, 3.05) is 0 Å². The van der Waals surface area contributed by atoms with Crippen LogP contribution in [-0.4, -0.2) is 39.6 Å². The van der Waals surface area contributed by atoms with Gasteiger partial charge in [0.2, 0.25) is 0 Å². The van der Waals surface area contributed by atoms with Crippen molar-refractivity contribution in [1.29, 1.82) is 0 Å². The van der Waals surface area contributed by atoms with E-state index in [0.29, 0.717) is 18.2 Å². The Morgan fingerprint density at radius 2 is 1.82 bits per heavy atom. The number of alkyl halides is 3. The predicted octanol–water partition coefficient (Wildman–Crippen LogP) is 3.49. The molecule has 1 aromatic carbocycles. The predicted molar refractivity (Wildman–Crippen MR) is 110 cm³/mol. The lowest BCUT2D eigenvalue weighted by molar-refractivity contribution is -0.0436. The van der Waals surface area contributed by atoms with Gasteiger partial charge in [-0.1, -0.05) is 11.6 Å². The van der Waals surface area contributed by atoms with E-state index in [-0.39, 0.29) is 19.3 Å². The van der Waals surface area contributed by atoms with Gasteiger partial charge >= 0.3 is 5.51 Å². The van der Waals surface area contributed by atoms with Gasteiger partial charge in [0.15, 0.2) is 17.5 Å². The average molecular weight is 530 g/mol. The van der Waals surface area contributed by atoms with Crippen molar-refractivity contribution in [3.05, 3.63) is 64.8 Å². The van der Waals surface area contributed by atoms with Crippen LogP contribution in [0.15, 0.2) is 41.7 Å². The number of hydrogen-bond donors (Lipinski definition) is 1. The molecule has 0 aliphatic heterocycles. The van der Waals surface area contributed by atoms with Gasteiger partial charge in [-0.05, 0) is 25.1 Å². The van der Waals surface area contributed by atoms with Gasteiger partial charge in [0.25, 0.3) is 15.7 Å². The fourth-order valence-corrected chi connectivity index (χ4v) is 3.73. The van der Waals surface area contributed by atoms with E-state index >= 15 is 0 Å². The number of benzene rings is 1. The molecule has 16 heteroatoms. The third-order valence-electron chi connectivity index (χ3n) is 4.05. The Balaban J connectivity index is 0.00000385. The fraction of sp³-hybridized carbons (Fsp3) is 0.176. The number of halogens is 6. The van der Waals surface area contributed by atoms with Crippen molar-refractivity contribution in [2.24, 2.45) is 0 Å².